The van der Waals surface area contributed by atoms with E-state index in [2.05, 4.69) is 0 Å². The number of rotatable bonds is 5. The summed E-state index contributed by atoms with van der Waals surface area (Å²) in [6.45, 7) is 4.73. The van der Waals surface area contributed by atoms with E-state index in [0.29, 0.717) is 29.1 Å². The molecule has 1 aliphatic rings. The highest BCUT2D eigenvalue weighted by atomic mass is 32.2. The second-order valence-corrected chi connectivity index (χ2v) is 9.06. The van der Waals surface area contributed by atoms with Gasteiger partial charge in [0.2, 0.25) is 15.9 Å². The lowest BCUT2D eigenvalue weighted by atomic mass is 10.1. The van der Waals surface area contributed by atoms with Crippen LogP contribution in [0.15, 0.2) is 47.4 Å². The van der Waals surface area contributed by atoms with Crippen LogP contribution in [0.5, 0.6) is 0 Å². The van der Waals surface area contributed by atoms with Crippen molar-refractivity contribution in [3.05, 3.63) is 69.3 Å². The topological polar surface area (TPSA) is 101 Å². The zero-order chi connectivity index (χ0) is 21.2. The third-order valence-electron chi connectivity index (χ3n) is 5.06. The van der Waals surface area contributed by atoms with Crippen LogP contribution in [0.1, 0.15) is 16.7 Å². The minimum atomic E-state index is -3.60. The maximum atomic E-state index is 13.0. The molecule has 154 valence electrons. The minimum absolute atomic E-state index is 0.0218. The number of benzene rings is 2. The number of aryl methyl sites for hydroxylation is 2. The fourth-order valence-corrected chi connectivity index (χ4v) is 5.06. The molecule has 2 aromatic carbocycles. The zero-order valence-electron chi connectivity index (χ0n) is 16.4. The fourth-order valence-electron chi connectivity index (χ4n) is 3.32. The molecule has 0 aliphatic carbocycles. The van der Waals surface area contributed by atoms with Gasteiger partial charge in [0.05, 0.1) is 16.2 Å². The Labute approximate surface area is 169 Å². The summed E-state index contributed by atoms with van der Waals surface area (Å²) >= 11 is 0. The molecule has 0 bridgehead atoms. The molecule has 1 heterocycles. The second-order valence-electron chi connectivity index (χ2n) is 7.15. The fraction of sp³-hybridized carbons (Fsp3) is 0.350. The van der Waals surface area contributed by atoms with Crippen LogP contribution < -0.4 is 0 Å². The van der Waals surface area contributed by atoms with E-state index in [-0.39, 0.29) is 31.1 Å². The van der Waals surface area contributed by atoms with Gasteiger partial charge in [-0.15, -0.1) is 0 Å². The largest absolute Gasteiger partial charge is 0.340 e. The first-order valence-electron chi connectivity index (χ1n) is 9.27. The summed E-state index contributed by atoms with van der Waals surface area (Å²) < 4.78 is 27.4. The van der Waals surface area contributed by atoms with Gasteiger partial charge in [-0.1, -0.05) is 24.3 Å². The average molecular weight is 417 g/mol. The monoisotopic (exact) mass is 417 g/mol. The summed E-state index contributed by atoms with van der Waals surface area (Å²) in [6.07, 6.45) is 0.127. The SMILES string of the molecule is Cc1ccc(C)c(S(=O)(=O)N2CCN(C(=O)Cc3ccc([N+](=O)[O-])cc3)CC2)c1. The number of nitro groups is 1. The van der Waals surface area contributed by atoms with Crippen molar-refractivity contribution in [1.82, 2.24) is 9.21 Å². The molecule has 9 heteroatoms. The van der Waals surface area contributed by atoms with E-state index in [1.54, 1.807) is 36.1 Å². The van der Waals surface area contributed by atoms with Gasteiger partial charge in [0.25, 0.3) is 5.69 Å². The van der Waals surface area contributed by atoms with Gasteiger partial charge in [0.1, 0.15) is 0 Å². The summed E-state index contributed by atoms with van der Waals surface area (Å²) in [7, 11) is -3.60. The quantitative estimate of drug-likeness (QED) is 0.549. The maximum Gasteiger partial charge on any atom is 0.269 e. The van der Waals surface area contributed by atoms with Gasteiger partial charge < -0.3 is 4.90 Å². The van der Waals surface area contributed by atoms with E-state index in [9.17, 15) is 23.3 Å². The standard InChI is InChI=1S/C20H23N3O5S/c1-15-3-4-16(2)19(13-15)29(27,28)22-11-9-21(10-12-22)20(24)14-17-5-7-18(8-6-17)23(25)26/h3-8,13H,9-12,14H2,1-2H3. The Morgan fingerprint density at radius 3 is 2.24 bits per heavy atom. The number of piperazine rings is 1. The molecule has 0 saturated carbocycles. The highest BCUT2D eigenvalue weighted by Crippen LogP contribution is 2.22. The lowest BCUT2D eigenvalue weighted by molar-refractivity contribution is -0.384. The Bertz CT molecular complexity index is 1030. The molecule has 0 aromatic heterocycles. The molecule has 29 heavy (non-hydrogen) atoms. The Morgan fingerprint density at radius 1 is 1.03 bits per heavy atom. The van der Waals surface area contributed by atoms with Crippen LogP contribution in [-0.2, 0) is 21.2 Å². The van der Waals surface area contributed by atoms with Gasteiger partial charge in [0.15, 0.2) is 0 Å². The number of nitro benzene ring substituents is 1. The van der Waals surface area contributed by atoms with Crippen molar-refractivity contribution in [3.63, 3.8) is 0 Å². The first kappa shape index (κ1) is 20.9. The van der Waals surface area contributed by atoms with Crippen LogP contribution in [0, 0.1) is 24.0 Å². The van der Waals surface area contributed by atoms with E-state index in [1.807, 2.05) is 13.0 Å². The summed E-state index contributed by atoms with van der Waals surface area (Å²) in [6, 6.07) is 11.2. The molecular formula is C20H23N3O5S. The first-order chi connectivity index (χ1) is 13.7. The maximum absolute atomic E-state index is 13.0. The smallest absolute Gasteiger partial charge is 0.269 e. The molecule has 0 atom stereocenters. The van der Waals surface area contributed by atoms with Crippen LogP contribution in [-0.4, -0.2) is 54.6 Å². The van der Waals surface area contributed by atoms with E-state index >= 15 is 0 Å². The van der Waals surface area contributed by atoms with Crippen LogP contribution in [0.25, 0.3) is 0 Å². The molecule has 1 fully saturated rings. The number of nitrogens with zero attached hydrogens (tertiary/aromatic N) is 3. The van der Waals surface area contributed by atoms with E-state index < -0.39 is 14.9 Å². The molecule has 1 saturated heterocycles. The summed E-state index contributed by atoms with van der Waals surface area (Å²) in [5.74, 6) is -0.123. The van der Waals surface area contributed by atoms with Crippen LogP contribution in [0.3, 0.4) is 0 Å². The molecule has 1 aliphatic heterocycles. The predicted octanol–water partition coefficient (Wildman–Crippen LogP) is 2.29. The Morgan fingerprint density at radius 2 is 1.66 bits per heavy atom. The van der Waals surface area contributed by atoms with Crippen molar-refractivity contribution in [2.45, 2.75) is 25.2 Å². The highest BCUT2D eigenvalue weighted by Gasteiger charge is 2.31. The molecule has 0 spiro atoms. The number of amides is 1. The molecule has 0 unspecified atom stereocenters. The van der Waals surface area contributed by atoms with Crippen molar-refractivity contribution in [3.8, 4) is 0 Å². The predicted molar refractivity (Wildman–Crippen MR) is 108 cm³/mol. The lowest BCUT2D eigenvalue weighted by Crippen LogP contribution is -2.50. The Hall–Kier alpha value is -2.78. The van der Waals surface area contributed by atoms with Crippen molar-refractivity contribution >= 4 is 21.6 Å². The van der Waals surface area contributed by atoms with Gasteiger partial charge in [-0.25, -0.2) is 8.42 Å². The molecule has 3 rings (SSSR count). The third kappa shape index (κ3) is 4.63. The molecule has 0 radical (unpaired) electrons. The zero-order valence-corrected chi connectivity index (χ0v) is 17.2. The second kappa shape index (κ2) is 8.30. The van der Waals surface area contributed by atoms with Gasteiger partial charge in [-0.2, -0.15) is 4.31 Å². The minimum Gasteiger partial charge on any atom is -0.340 e. The third-order valence-corrected chi connectivity index (χ3v) is 7.10. The lowest BCUT2D eigenvalue weighted by Gasteiger charge is -2.34. The van der Waals surface area contributed by atoms with Crippen molar-refractivity contribution < 1.29 is 18.1 Å². The number of carbonyl (C=O) groups excluding carboxylic acids is 1. The Balaban J connectivity index is 1.63. The van der Waals surface area contributed by atoms with Crippen LogP contribution in [0.2, 0.25) is 0 Å². The van der Waals surface area contributed by atoms with Crippen molar-refractivity contribution in [2.75, 3.05) is 26.2 Å². The molecule has 0 N–H and O–H groups in total. The van der Waals surface area contributed by atoms with E-state index in [1.165, 1.54) is 16.4 Å². The van der Waals surface area contributed by atoms with Crippen LogP contribution >= 0.6 is 0 Å². The summed E-state index contributed by atoms with van der Waals surface area (Å²) in [5, 5.41) is 10.7. The first-order valence-corrected chi connectivity index (χ1v) is 10.7. The van der Waals surface area contributed by atoms with E-state index in [4.69, 9.17) is 0 Å². The van der Waals surface area contributed by atoms with Crippen molar-refractivity contribution in [2.24, 2.45) is 0 Å². The van der Waals surface area contributed by atoms with Crippen LogP contribution in [0.4, 0.5) is 5.69 Å². The molecule has 2 aromatic rings. The van der Waals surface area contributed by atoms with Crippen molar-refractivity contribution in [1.29, 1.82) is 0 Å². The number of hydrogen-bond acceptors (Lipinski definition) is 5. The molecular weight excluding hydrogens is 394 g/mol. The number of non-ortho nitro benzene ring substituents is 1. The van der Waals surface area contributed by atoms with E-state index in [0.717, 1.165) is 5.56 Å². The number of hydrogen-bond donors (Lipinski definition) is 0. The number of sulfonamides is 1. The highest BCUT2D eigenvalue weighted by molar-refractivity contribution is 7.89. The summed E-state index contributed by atoms with van der Waals surface area (Å²) in [4.78, 5) is 24.7. The Kier molecular flexibility index (Phi) is 5.99. The normalized spacial score (nSPS) is 15.3. The average Bonchev–Trinajstić information content (AvgIpc) is 2.70. The molecule has 1 amide bonds. The van der Waals surface area contributed by atoms with Gasteiger partial charge in [0, 0.05) is 38.3 Å². The van der Waals surface area contributed by atoms with Gasteiger partial charge in [-0.05, 0) is 36.6 Å². The molecule has 8 nitrogen and oxygen atoms in total. The summed E-state index contributed by atoms with van der Waals surface area (Å²) in [5.41, 5.74) is 2.25. The van der Waals surface area contributed by atoms with Gasteiger partial charge >= 0.3 is 0 Å². The number of carbonyl (C=O) groups is 1. The van der Waals surface area contributed by atoms with Gasteiger partial charge in [-0.3, -0.25) is 14.9 Å².